The number of fused-ring (bicyclic) bond motifs is 1. The molecule has 0 radical (unpaired) electrons. The molecule has 2 aliphatic rings. The summed E-state index contributed by atoms with van der Waals surface area (Å²) < 4.78 is 39.8. The molecule has 1 aromatic rings. The molecule has 2 heterocycles. The fraction of sp³-hybridized carbons (Fsp3) is 0.722. The van der Waals surface area contributed by atoms with Gasteiger partial charge in [0.1, 0.15) is 24.9 Å². The summed E-state index contributed by atoms with van der Waals surface area (Å²) in [7, 11) is 0. The first kappa shape index (κ1) is 41.8. The van der Waals surface area contributed by atoms with Gasteiger partial charge in [-0.25, -0.2) is 4.79 Å². The quantitative estimate of drug-likeness (QED) is 0.0574. The van der Waals surface area contributed by atoms with Crippen LogP contribution in [0.4, 0.5) is 4.79 Å². The maximum Gasteiger partial charge on any atom is 0.407 e. The molecule has 0 aromatic heterocycles. The fourth-order valence-electron chi connectivity index (χ4n) is 5.85. The van der Waals surface area contributed by atoms with Gasteiger partial charge in [0.05, 0.1) is 32.3 Å². The number of ether oxygens (including phenoxy) is 7. The van der Waals surface area contributed by atoms with Crippen molar-refractivity contribution >= 4 is 46.9 Å². The van der Waals surface area contributed by atoms with Crippen LogP contribution in [-0.4, -0.2) is 78.2 Å². The maximum atomic E-state index is 13.8. The van der Waals surface area contributed by atoms with Crippen molar-refractivity contribution in [2.45, 2.75) is 144 Å². The summed E-state index contributed by atoms with van der Waals surface area (Å²) in [6, 6.07) is 8.78. The average Bonchev–Trinajstić information content (AvgIpc) is 3.05. The van der Waals surface area contributed by atoms with Gasteiger partial charge in [-0.05, 0) is 25.8 Å². The van der Waals surface area contributed by atoms with Crippen molar-refractivity contribution in [1.82, 2.24) is 5.32 Å². The Morgan fingerprint density at radius 2 is 1.73 bits per heavy atom. The Hall–Kier alpha value is -1.63. The molecule has 6 atom stereocenters. The molecule has 0 spiro atoms. The van der Waals surface area contributed by atoms with Gasteiger partial charge in [-0.3, -0.25) is 4.79 Å². The van der Waals surface area contributed by atoms with E-state index in [9.17, 15) is 9.59 Å². The first-order valence-corrected chi connectivity index (χ1v) is 18.6. The molecule has 49 heavy (non-hydrogen) atoms. The van der Waals surface area contributed by atoms with Gasteiger partial charge < -0.3 is 38.5 Å². The van der Waals surface area contributed by atoms with Gasteiger partial charge >= 0.3 is 12.1 Å². The second-order valence-corrected chi connectivity index (χ2v) is 15.5. The Morgan fingerprint density at radius 3 is 2.39 bits per heavy atom. The van der Waals surface area contributed by atoms with Crippen LogP contribution in [0.25, 0.3) is 0 Å². The van der Waals surface area contributed by atoms with Crippen LogP contribution >= 0.6 is 34.8 Å². The third-order valence-corrected chi connectivity index (χ3v) is 8.64. The van der Waals surface area contributed by atoms with Crippen molar-refractivity contribution in [3.8, 4) is 0 Å². The van der Waals surface area contributed by atoms with Crippen molar-refractivity contribution in [1.29, 1.82) is 0 Å². The lowest BCUT2D eigenvalue weighted by molar-refractivity contribution is -0.368. The van der Waals surface area contributed by atoms with E-state index in [4.69, 9.17) is 68.0 Å². The maximum absolute atomic E-state index is 13.8. The number of esters is 1. The molecule has 10 nitrogen and oxygen atoms in total. The standard InChI is InChI=1S/C36H54Cl3NO9/c1-5-7-8-9-10-11-12-13-17-20-27(44-23-26-18-15-14-16-19-26)22-29(41)48-32-30(40-34(42)45-25-36(37,38)39)33(43-21-6-2)47-28-24-46-35(3,4)49-31(28)32/h6,14-16,18-19,27-28,30-33H,2,5,7-13,17,20-25H2,1,3-4H3,(H,40,42)/t27-,28-,30-,31-,32-,33+/m1/s1. The van der Waals surface area contributed by atoms with Gasteiger partial charge in [0.2, 0.25) is 3.79 Å². The number of benzene rings is 1. The van der Waals surface area contributed by atoms with Gasteiger partial charge in [0.25, 0.3) is 0 Å². The lowest BCUT2D eigenvalue weighted by atomic mass is 9.95. The predicted octanol–water partition coefficient (Wildman–Crippen LogP) is 8.34. The first-order chi connectivity index (χ1) is 23.4. The molecule has 0 unspecified atom stereocenters. The summed E-state index contributed by atoms with van der Waals surface area (Å²) in [6.45, 7) is 9.51. The van der Waals surface area contributed by atoms with E-state index in [2.05, 4.69) is 18.8 Å². The van der Waals surface area contributed by atoms with Gasteiger partial charge in [-0.15, -0.1) is 6.58 Å². The molecule has 2 aliphatic heterocycles. The Morgan fingerprint density at radius 1 is 1.06 bits per heavy atom. The zero-order chi connectivity index (χ0) is 35.7. The van der Waals surface area contributed by atoms with E-state index in [0.717, 1.165) is 24.8 Å². The van der Waals surface area contributed by atoms with Crippen molar-refractivity contribution in [2.75, 3.05) is 19.8 Å². The highest BCUT2D eigenvalue weighted by Gasteiger charge is 2.54. The van der Waals surface area contributed by atoms with Gasteiger partial charge in [-0.2, -0.15) is 0 Å². The van der Waals surface area contributed by atoms with E-state index in [-0.39, 0.29) is 25.7 Å². The lowest BCUT2D eigenvalue weighted by Crippen LogP contribution is -2.69. The Labute approximate surface area is 306 Å². The van der Waals surface area contributed by atoms with Crippen molar-refractivity contribution in [3.63, 3.8) is 0 Å². The molecule has 0 bridgehead atoms. The van der Waals surface area contributed by atoms with E-state index >= 15 is 0 Å². The third kappa shape index (κ3) is 16.1. The molecular weight excluding hydrogens is 697 g/mol. The highest BCUT2D eigenvalue weighted by molar-refractivity contribution is 6.67. The Kier molecular flexibility index (Phi) is 18.5. The van der Waals surface area contributed by atoms with Gasteiger partial charge in [0, 0.05) is 0 Å². The molecular formula is C36H54Cl3NO9. The average molecular weight is 751 g/mol. The summed E-state index contributed by atoms with van der Waals surface area (Å²) in [5.74, 6) is -1.53. The lowest BCUT2D eigenvalue weighted by Gasteiger charge is -2.50. The minimum atomic E-state index is -1.83. The van der Waals surface area contributed by atoms with Crippen LogP contribution < -0.4 is 5.32 Å². The Balaban J connectivity index is 1.73. The normalized spacial score (nSPS) is 24.0. The monoisotopic (exact) mass is 749 g/mol. The number of amides is 1. The zero-order valence-corrected chi connectivity index (χ0v) is 31.3. The first-order valence-electron chi connectivity index (χ1n) is 17.5. The topological polar surface area (TPSA) is 111 Å². The molecule has 0 saturated carbocycles. The minimum absolute atomic E-state index is 0.00109. The second-order valence-electron chi connectivity index (χ2n) is 13.0. The number of halogens is 3. The number of carbonyl (C=O) groups excluding carboxylic acids is 2. The number of nitrogens with one attached hydrogen (secondary N) is 1. The van der Waals surface area contributed by atoms with Gasteiger partial charge in [-0.1, -0.05) is 136 Å². The van der Waals surface area contributed by atoms with Crippen LogP contribution in [0.3, 0.4) is 0 Å². The third-order valence-electron chi connectivity index (χ3n) is 8.31. The van der Waals surface area contributed by atoms with E-state index < -0.39 is 58.9 Å². The summed E-state index contributed by atoms with van der Waals surface area (Å²) in [6.07, 6.45) is 8.05. The van der Waals surface area contributed by atoms with Crippen LogP contribution in [0.5, 0.6) is 0 Å². The molecule has 278 valence electrons. The van der Waals surface area contributed by atoms with Crippen molar-refractivity contribution in [2.24, 2.45) is 0 Å². The number of hydrogen-bond acceptors (Lipinski definition) is 9. The summed E-state index contributed by atoms with van der Waals surface area (Å²) >= 11 is 17.4. The van der Waals surface area contributed by atoms with E-state index in [0.29, 0.717) is 13.0 Å². The molecule has 13 heteroatoms. The number of alkyl carbamates (subject to hydrolysis) is 1. The number of alkyl halides is 3. The van der Waals surface area contributed by atoms with E-state index in [1.165, 1.54) is 44.6 Å². The van der Waals surface area contributed by atoms with Crippen molar-refractivity contribution in [3.05, 3.63) is 48.6 Å². The zero-order valence-electron chi connectivity index (χ0n) is 29.1. The minimum Gasteiger partial charge on any atom is -0.457 e. The SMILES string of the molecule is C=CCO[C@H]1O[C@@H]2COC(C)(C)O[C@H]2[C@H](OC(=O)C[C@@H](CCCCCCCCCCC)OCc2ccccc2)[C@H]1NC(=O)OCC(Cl)(Cl)Cl. The highest BCUT2D eigenvalue weighted by Crippen LogP contribution is 2.35. The summed E-state index contributed by atoms with van der Waals surface area (Å²) in [4.78, 5) is 26.6. The van der Waals surface area contributed by atoms with Crippen LogP contribution in [0, 0.1) is 0 Å². The van der Waals surface area contributed by atoms with Crippen LogP contribution in [-0.2, 0) is 44.6 Å². The predicted molar refractivity (Wildman–Crippen MR) is 190 cm³/mol. The molecule has 1 N–H and O–H groups in total. The van der Waals surface area contributed by atoms with E-state index in [1.807, 2.05) is 30.3 Å². The number of unbranched alkanes of at least 4 members (excludes halogenated alkanes) is 8. The van der Waals surface area contributed by atoms with Crippen molar-refractivity contribution < 1.29 is 42.7 Å². The van der Waals surface area contributed by atoms with Crippen LogP contribution in [0.15, 0.2) is 43.0 Å². The Bertz CT molecular complexity index is 1120. The second kappa shape index (κ2) is 21.7. The molecule has 3 rings (SSSR count). The summed E-state index contributed by atoms with van der Waals surface area (Å²) in [5.41, 5.74) is 1.01. The number of hydrogen-bond donors (Lipinski definition) is 1. The van der Waals surface area contributed by atoms with E-state index in [1.54, 1.807) is 13.8 Å². The van der Waals surface area contributed by atoms with Gasteiger partial charge in [0.15, 0.2) is 18.2 Å². The van der Waals surface area contributed by atoms with Crippen LogP contribution in [0.2, 0.25) is 0 Å². The molecule has 0 aliphatic carbocycles. The largest absolute Gasteiger partial charge is 0.457 e. The smallest absolute Gasteiger partial charge is 0.407 e. The highest BCUT2D eigenvalue weighted by atomic mass is 35.6. The number of rotatable bonds is 21. The fourth-order valence-corrected chi connectivity index (χ4v) is 6.01. The number of carbonyl (C=O) groups is 2. The molecule has 2 fully saturated rings. The molecule has 2 saturated heterocycles. The molecule has 1 amide bonds. The van der Waals surface area contributed by atoms with Crippen LogP contribution in [0.1, 0.15) is 97.0 Å². The summed E-state index contributed by atoms with van der Waals surface area (Å²) in [5, 5.41) is 2.69. The molecule has 1 aromatic carbocycles.